The maximum absolute atomic E-state index is 12.7. The van der Waals surface area contributed by atoms with Gasteiger partial charge in [-0.05, 0) is 45.3 Å². The molecule has 26 heavy (non-hydrogen) atoms. The van der Waals surface area contributed by atoms with Gasteiger partial charge in [-0.1, -0.05) is 11.6 Å². The van der Waals surface area contributed by atoms with Gasteiger partial charge < -0.3 is 19.9 Å². The van der Waals surface area contributed by atoms with Crippen molar-refractivity contribution in [3.05, 3.63) is 28.8 Å². The zero-order chi connectivity index (χ0) is 18.7. The predicted octanol–water partition coefficient (Wildman–Crippen LogP) is 2.08. The molecule has 0 aromatic heterocycles. The van der Waals surface area contributed by atoms with Crippen molar-refractivity contribution in [2.75, 3.05) is 40.3 Å². The quantitative estimate of drug-likeness (QED) is 0.822. The summed E-state index contributed by atoms with van der Waals surface area (Å²) in [5, 5.41) is 3.72. The summed E-state index contributed by atoms with van der Waals surface area (Å²) < 4.78 is 5.64. The lowest BCUT2D eigenvalue weighted by Crippen LogP contribution is -2.37. The number of nitrogens with zero attached hydrogens (tertiary/aromatic N) is 2. The van der Waals surface area contributed by atoms with Gasteiger partial charge in [-0.2, -0.15) is 0 Å². The lowest BCUT2D eigenvalue weighted by Gasteiger charge is -2.27. The van der Waals surface area contributed by atoms with Crippen LogP contribution in [0.15, 0.2) is 18.2 Å². The maximum Gasteiger partial charge on any atom is 0.225 e. The van der Waals surface area contributed by atoms with Gasteiger partial charge in [-0.3, -0.25) is 9.59 Å². The number of hydrogen-bond donors (Lipinski definition) is 1. The van der Waals surface area contributed by atoms with E-state index in [0.29, 0.717) is 37.6 Å². The van der Waals surface area contributed by atoms with Crippen LogP contribution in [0, 0.1) is 5.92 Å². The molecule has 1 aromatic carbocycles. The van der Waals surface area contributed by atoms with Crippen molar-refractivity contribution in [2.24, 2.45) is 5.92 Å². The number of likely N-dealkylation sites (tertiary alicyclic amines) is 1. The van der Waals surface area contributed by atoms with Gasteiger partial charge in [0.15, 0.2) is 0 Å². The first kappa shape index (κ1) is 19.0. The third-order valence-electron chi connectivity index (χ3n) is 4.95. The average Bonchev–Trinajstić information content (AvgIpc) is 2.96. The largest absolute Gasteiger partial charge is 0.493 e. The number of halogens is 1. The van der Waals surface area contributed by atoms with E-state index in [-0.39, 0.29) is 23.8 Å². The van der Waals surface area contributed by atoms with Crippen molar-refractivity contribution in [3.8, 4) is 5.75 Å². The van der Waals surface area contributed by atoms with E-state index in [1.54, 1.807) is 6.07 Å². The fourth-order valence-electron chi connectivity index (χ4n) is 3.55. The highest BCUT2D eigenvalue weighted by atomic mass is 35.5. The average molecular weight is 380 g/mol. The number of amides is 2. The smallest absolute Gasteiger partial charge is 0.225 e. The first-order valence-corrected chi connectivity index (χ1v) is 9.47. The molecule has 0 radical (unpaired) electrons. The molecule has 7 heteroatoms. The zero-order valence-electron chi connectivity index (χ0n) is 15.3. The van der Waals surface area contributed by atoms with Gasteiger partial charge in [0.05, 0.1) is 18.6 Å². The molecule has 2 unspecified atom stereocenters. The fraction of sp³-hybridized carbons (Fsp3) is 0.579. The minimum atomic E-state index is -0.285. The van der Waals surface area contributed by atoms with E-state index in [9.17, 15) is 9.59 Å². The van der Waals surface area contributed by atoms with Crippen LogP contribution < -0.4 is 10.1 Å². The third-order valence-corrected chi connectivity index (χ3v) is 5.18. The van der Waals surface area contributed by atoms with Crippen molar-refractivity contribution in [3.63, 3.8) is 0 Å². The lowest BCUT2D eigenvalue weighted by atomic mass is 9.99. The van der Waals surface area contributed by atoms with Crippen molar-refractivity contribution < 1.29 is 14.3 Å². The summed E-state index contributed by atoms with van der Waals surface area (Å²) in [4.78, 5) is 28.8. The number of hydrogen-bond acceptors (Lipinski definition) is 4. The summed E-state index contributed by atoms with van der Waals surface area (Å²) >= 11 is 6.09. The van der Waals surface area contributed by atoms with E-state index < -0.39 is 0 Å². The molecule has 1 fully saturated rings. The van der Waals surface area contributed by atoms with Gasteiger partial charge in [-0.15, -0.1) is 0 Å². The van der Waals surface area contributed by atoms with Gasteiger partial charge in [-0.25, -0.2) is 0 Å². The van der Waals surface area contributed by atoms with Gasteiger partial charge in [0.25, 0.3) is 0 Å². The number of ether oxygens (including phenoxy) is 1. The van der Waals surface area contributed by atoms with E-state index >= 15 is 0 Å². The van der Waals surface area contributed by atoms with Crippen LogP contribution in [-0.2, 0) is 9.59 Å². The Morgan fingerprint density at radius 2 is 2.23 bits per heavy atom. The molecule has 2 aliphatic rings. The van der Waals surface area contributed by atoms with Crippen molar-refractivity contribution >= 4 is 23.4 Å². The molecule has 6 nitrogen and oxygen atoms in total. The van der Waals surface area contributed by atoms with Gasteiger partial charge in [0.2, 0.25) is 11.8 Å². The van der Waals surface area contributed by atoms with Crippen LogP contribution in [0.5, 0.6) is 5.75 Å². The standard InChI is InChI=1S/C19H26ClN3O3/c1-22(2)7-3-8-23-12-13(10-18(23)24)19(25)21-16-6-9-26-17-5-4-14(20)11-15(16)17/h4-5,11,13,16H,3,6-10,12H2,1-2H3,(H,21,25). The summed E-state index contributed by atoms with van der Waals surface area (Å²) in [6.07, 6.45) is 1.91. The molecule has 2 aliphatic heterocycles. The molecule has 0 bridgehead atoms. The molecule has 2 atom stereocenters. The summed E-state index contributed by atoms with van der Waals surface area (Å²) in [6.45, 7) is 2.69. The Hall–Kier alpha value is -1.79. The third kappa shape index (κ3) is 4.48. The number of fused-ring (bicyclic) bond motifs is 1. The molecule has 1 saturated heterocycles. The molecule has 2 heterocycles. The van der Waals surface area contributed by atoms with E-state index in [0.717, 1.165) is 24.3 Å². The molecular weight excluding hydrogens is 354 g/mol. The maximum atomic E-state index is 12.7. The van der Waals surface area contributed by atoms with E-state index in [1.165, 1.54) is 0 Å². The molecule has 0 aliphatic carbocycles. The number of nitrogens with one attached hydrogen (secondary N) is 1. The van der Waals surface area contributed by atoms with Gasteiger partial charge in [0, 0.05) is 36.5 Å². The van der Waals surface area contributed by atoms with Crippen molar-refractivity contribution in [2.45, 2.75) is 25.3 Å². The molecule has 0 saturated carbocycles. The zero-order valence-corrected chi connectivity index (χ0v) is 16.1. The molecule has 1 aromatic rings. The van der Waals surface area contributed by atoms with Crippen molar-refractivity contribution in [1.29, 1.82) is 0 Å². The highest BCUT2D eigenvalue weighted by Gasteiger charge is 2.35. The number of benzene rings is 1. The Morgan fingerprint density at radius 3 is 3.00 bits per heavy atom. The Labute approximate surface area is 159 Å². The molecular formula is C19H26ClN3O3. The summed E-state index contributed by atoms with van der Waals surface area (Å²) in [6, 6.07) is 5.34. The Bertz CT molecular complexity index is 680. The van der Waals surface area contributed by atoms with Crippen LogP contribution >= 0.6 is 11.6 Å². The van der Waals surface area contributed by atoms with Crippen LogP contribution in [0.3, 0.4) is 0 Å². The number of rotatable bonds is 6. The van der Waals surface area contributed by atoms with Crippen LogP contribution in [0.1, 0.15) is 30.9 Å². The topological polar surface area (TPSA) is 61.9 Å². The fourth-order valence-corrected chi connectivity index (χ4v) is 3.73. The normalized spacial score (nSPS) is 22.3. The number of carbonyl (C=O) groups is 2. The highest BCUT2D eigenvalue weighted by Crippen LogP contribution is 2.34. The second kappa shape index (κ2) is 8.27. The van der Waals surface area contributed by atoms with Crippen LogP contribution in [0.25, 0.3) is 0 Å². The second-order valence-corrected chi connectivity index (χ2v) is 7.71. The second-order valence-electron chi connectivity index (χ2n) is 7.28. The van der Waals surface area contributed by atoms with Gasteiger partial charge >= 0.3 is 0 Å². The summed E-state index contributed by atoms with van der Waals surface area (Å²) in [5.74, 6) is 0.483. The first-order chi connectivity index (χ1) is 12.4. The molecule has 1 N–H and O–H groups in total. The predicted molar refractivity (Wildman–Crippen MR) is 100 cm³/mol. The minimum absolute atomic E-state index is 0.0636. The molecule has 3 rings (SSSR count). The van der Waals surface area contributed by atoms with Crippen LogP contribution in [0.4, 0.5) is 0 Å². The summed E-state index contributed by atoms with van der Waals surface area (Å²) in [5.41, 5.74) is 0.907. The van der Waals surface area contributed by atoms with Gasteiger partial charge in [0.1, 0.15) is 5.75 Å². The lowest BCUT2D eigenvalue weighted by molar-refractivity contribution is -0.129. The van der Waals surface area contributed by atoms with E-state index in [1.807, 2.05) is 31.1 Å². The Morgan fingerprint density at radius 1 is 1.42 bits per heavy atom. The number of carbonyl (C=O) groups excluding carboxylic acids is 2. The Kier molecular flexibility index (Phi) is 6.04. The SMILES string of the molecule is CN(C)CCCN1CC(C(=O)NC2CCOc3ccc(Cl)cc32)CC1=O. The molecule has 0 spiro atoms. The minimum Gasteiger partial charge on any atom is -0.493 e. The molecule has 2 amide bonds. The van der Waals surface area contributed by atoms with Crippen LogP contribution in [0.2, 0.25) is 5.02 Å². The highest BCUT2D eigenvalue weighted by molar-refractivity contribution is 6.30. The van der Waals surface area contributed by atoms with E-state index in [2.05, 4.69) is 10.2 Å². The van der Waals surface area contributed by atoms with Crippen LogP contribution in [-0.4, -0.2) is 62.0 Å². The van der Waals surface area contributed by atoms with E-state index in [4.69, 9.17) is 16.3 Å². The Balaban J connectivity index is 1.58. The first-order valence-electron chi connectivity index (χ1n) is 9.09. The molecule has 142 valence electrons. The monoisotopic (exact) mass is 379 g/mol. The van der Waals surface area contributed by atoms with Crippen molar-refractivity contribution in [1.82, 2.24) is 15.1 Å². The summed E-state index contributed by atoms with van der Waals surface area (Å²) in [7, 11) is 4.03.